The van der Waals surface area contributed by atoms with Gasteiger partial charge in [0.2, 0.25) is 10.0 Å². The van der Waals surface area contributed by atoms with Crippen LogP contribution < -0.4 is 0 Å². The summed E-state index contributed by atoms with van der Waals surface area (Å²) in [5, 5.41) is 1.83. The van der Waals surface area contributed by atoms with E-state index < -0.39 is 21.9 Å². The molecule has 1 aliphatic rings. The molecule has 4 nitrogen and oxygen atoms in total. The maximum absolute atomic E-state index is 14.7. The highest BCUT2D eigenvalue weighted by atomic mass is 32.2. The van der Waals surface area contributed by atoms with E-state index in [0.29, 0.717) is 12.1 Å². The Labute approximate surface area is 168 Å². The molecule has 0 saturated heterocycles. The van der Waals surface area contributed by atoms with E-state index in [0.717, 1.165) is 16.5 Å². The molecule has 0 spiro atoms. The Hall–Kier alpha value is -2.96. The van der Waals surface area contributed by atoms with Gasteiger partial charge in [-0.05, 0) is 41.1 Å². The van der Waals surface area contributed by atoms with Crippen molar-refractivity contribution in [3.8, 4) is 0 Å². The van der Waals surface area contributed by atoms with Crippen molar-refractivity contribution in [1.82, 2.24) is 8.87 Å². The fourth-order valence-corrected chi connectivity index (χ4v) is 5.70. The molecule has 5 rings (SSSR count). The molecule has 146 valence electrons. The van der Waals surface area contributed by atoms with Crippen LogP contribution >= 0.6 is 0 Å². The topological polar surface area (TPSA) is 42.3 Å². The first-order valence-electron chi connectivity index (χ1n) is 9.46. The lowest BCUT2D eigenvalue weighted by molar-refractivity contribution is 0.293. The summed E-state index contributed by atoms with van der Waals surface area (Å²) in [5.74, 6) is -0.411. The summed E-state index contributed by atoms with van der Waals surface area (Å²) in [6.07, 6.45) is 1.91. The first-order valence-corrected chi connectivity index (χ1v) is 10.9. The SMILES string of the molecule is O=S(=O)(c1ccc2ccccc2c1)N1CCn2cccc2[C@H]1c1ccccc1F. The Morgan fingerprint density at radius 2 is 1.59 bits per heavy atom. The number of halogens is 1. The smallest absolute Gasteiger partial charge is 0.244 e. The van der Waals surface area contributed by atoms with Gasteiger partial charge in [-0.25, -0.2) is 12.8 Å². The van der Waals surface area contributed by atoms with Gasteiger partial charge in [0.25, 0.3) is 0 Å². The summed E-state index contributed by atoms with van der Waals surface area (Å²) < 4.78 is 45.4. The fourth-order valence-electron chi connectivity index (χ4n) is 4.10. The monoisotopic (exact) mass is 406 g/mol. The lowest BCUT2D eigenvalue weighted by Crippen LogP contribution is -2.42. The van der Waals surface area contributed by atoms with Gasteiger partial charge in [0.15, 0.2) is 0 Å². The molecule has 0 fully saturated rings. The molecule has 1 aliphatic heterocycles. The van der Waals surface area contributed by atoms with E-state index >= 15 is 0 Å². The Kier molecular flexibility index (Phi) is 4.26. The molecule has 29 heavy (non-hydrogen) atoms. The molecule has 6 heteroatoms. The van der Waals surface area contributed by atoms with Crippen LogP contribution in [0.2, 0.25) is 0 Å². The summed E-state index contributed by atoms with van der Waals surface area (Å²) >= 11 is 0. The van der Waals surface area contributed by atoms with E-state index in [2.05, 4.69) is 0 Å². The lowest BCUT2D eigenvalue weighted by Gasteiger charge is -2.36. The molecule has 2 heterocycles. The van der Waals surface area contributed by atoms with Gasteiger partial charge in [-0.2, -0.15) is 4.31 Å². The predicted molar refractivity (Wildman–Crippen MR) is 111 cm³/mol. The molecule has 0 aliphatic carbocycles. The number of benzene rings is 3. The van der Waals surface area contributed by atoms with Crippen molar-refractivity contribution in [3.05, 3.63) is 102 Å². The molecule has 0 unspecified atom stereocenters. The van der Waals surface area contributed by atoms with Crippen LogP contribution in [-0.4, -0.2) is 23.8 Å². The van der Waals surface area contributed by atoms with Crippen LogP contribution in [0.4, 0.5) is 4.39 Å². The van der Waals surface area contributed by atoms with Crippen LogP contribution in [0.1, 0.15) is 17.3 Å². The van der Waals surface area contributed by atoms with E-state index in [4.69, 9.17) is 0 Å². The van der Waals surface area contributed by atoms with Crippen molar-refractivity contribution in [1.29, 1.82) is 0 Å². The molecule has 0 saturated carbocycles. The number of hydrogen-bond acceptors (Lipinski definition) is 2. The van der Waals surface area contributed by atoms with Crippen LogP contribution in [-0.2, 0) is 16.6 Å². The average molecular weight is 406 g/mol. The van der Waals surface area contributed by atoms with E-state index in [1.54, 1.807) is 30.3 Å². The van der Waals surface area contributed by atoms with Crippen LogP contribution in [0, 0.1) is 5.82 Å². The van der Waals surface area contributed by atoms with Gasteiger partial charge in [-0.15, -0.1) is 0 Å². The predicted octanol–water partition coefficient (Wildman–Crippen LogP) is 4.57. The first kappa shape index (κ1) is 18.1. The molecular formula is C23H19FN2O2S. The molecule has 1 atom stereocenters. The summed E-state index contributed by atoms with van der Waals surface area (Å²) in [4.78, 5) is 0.220. The average Bonchev–Trinajstić information content (AvgIpc) is 3.22. The van der Waals surface area contributed by atoms with Crippen LogP contribution in [0.15, 0.2) is 90.0 Å². The van der Waals surface area contributed by atoms with Crippen molar-refractivity contribution in [3.63, 3.8) is 0 Å². The molecule has 0 radical (unpaired) electrons. The third-order valence-electron chi connectivity index (χ3n) is 5.52. The molecule has 0 N–H and O–H groups in total. The van der Waals surface area contributed by atoms with Gasteiger partial charge in [0.05, 0.1) is 10.9 Å². The van der Waals surface area contributed by atoms with E-state index in [9.17, 15) is 12.8 Å². The first-order chi connectivity index (χ1) is 14.1. The molecule has 0 amide bonds. The zero-order valence-electron chi connectivity index (χ0n) is 15.6. The fraction of sp³-hybridized carbons (Fsp3) is 0.130. The van der Waals surface area contributed by atoms with Crippen molar-refractivity contribution >= 4 is 20.8 Å². The standard InChI is InChI=1S/C23H19FN2O2S/c24-21-9-4-3-8-20(21)23-22-10-5-13-25(22)14-15-26(23)29(27,28)19-12-11-17-6-1-2-7-18(17)16-19/h1-13,16,23H,14-15H2/t23-/m1/s1. The van der Waals surface area contributed by atoms with E-state index in [1.165, 1.54) is 10.4 Å². The van der Waals surface area contributed by atoms with Crippen molar-refractivity contribution < 1.29 is 12.8 Å². The minimum atomic E-state index is -3.83. The van der Waals surface area contributed by atoms with E-state index in [1.807, 2.05) is 53.2 Å². The number of rotatable bonds is 3. The summed E-state index contributed by atoms with van der Waals surface area (Å²) in [6.45, 7) is 0.802. The van der Waals surface area contributed by atoms with Gasteiger partial charge in [-0.1, -0.05) is 48.5 Å². The highest BCUT2D eigenvalue weighted by Crippen LogP contribution is 2.37. The third kappa shape index (κ3) is 2.96. The molecular weight excluding hydrogens is 387 g/mol. The number of aromatic nitrogens is 1. The van der Waals surface area contributed by atoms with Gasteiger partial charge in [-0.3, -0.25) is 0 Å². The molecule has 1 aromatic heterocycles. The van der Waals surface area contributed by atoms with E-state index in [-0.39, 0.29) is 11.4 Å². The molecule has 3 aromatic carbocycles. The highest BCUT2D eigenvalue weighted by molar-refractivity contribution is 7.89. The van der Waals surface area contributed by atoms with Gasteiger partial charge >= 0.3 is 0 Å². The second-order valence-electron chi connectivity index (χ2n) is 7.18. The maximum Gasteiger partial charge on any atom is 0.244 e. The van der Waals surface area contributed by atoms with Gasteiger partial charge < -0.3 is 4.57 Å². The number of nitrogens with zero attached hydrogens (tertiary/aromatic N) is 2. The molecule has 0 bridgehead atoms. The summed E-state index contributed by atoms with van der Waals surface area (Å²) in [6, 6.07) is 22.2. The normalized spacial score (nSPS) is 17.3. The van der Waals surface area contributed by atoms with Crippen molar-refractivity contribution in [2.75, 3.05) is 6.54 Å². The third-order valence-corrected chi connectivity index (χ3v) is 7.38. The quantitative estimate of drug-likeness (QED) is 0.500. The number of sulfonamides is 1. The van der Waals surface area contributed by atoms with Crippen LogP contribution in [0.3, 0.4) is 0 Å². The summed E-state index contributed by atoms with van der Waals surface area (Å²) in [7, 11) is -3.83. The Morgan fingerprint density at radius 1 is 0.828 bits per heavy atom. The minimum Gasteiger partial charge on any atom is -0.348 e. The zero-order chi connectivity index (χ0) is 20.0. The second-order valence-corrected chi connectivity index (χ2v) is 9.07. The number of fused-ring (bicyclic) bond motifs is 2. The van der Waals surface area contributed by atoms with Crippen molar-refractivity contribution in [2.24, 2.45) is 0 Å². The second kappa shape index (κ2) is 6.83. The highest BCUT2D eigenvalue weighted by Gasteiger charge is 2.38. The Morgan fingerprint density at radius 3 is 2.41 bits per heavy atom. The van der Waals surface area contributed by atoms with Gasteiger partial charge in [0.1, 0.15) is 5.82 Å². The lowest BCUT2D eigenvalue weighted by atomic mass is 10.0. The summed E-state index contributed by atoms with van der Waals surface area (Å²) in [5.41, 5.74) is 1.13. The van der Waals surface area contributed by atoms with Gasteiger partial charge in [0, 0.05) is 30.5 Å². The zero-order valence-corrected chi connectivity index (χ0v) is 16.4. The van der Waals surface area contributed by atoms with Crippen LogP contribution in [0.5, 0.6) is 0 Å². The Bertz CT molecular complexity index is 1310. The Balaban J connectivity index is 1.67. The molecule has 4 aromatic rings. The minimum absolute atomic E-state index is 0.220. The maximum atomic E-state index is 14.7. The van der Waals surface area contributed by atoms with Crippen molar-refractivity contribution in [2.45, 2.75) is 17.5 Å². The van der Waals surface area contributed by atoms with Crippen LogP contribution in [0.25, 0.3) is 10.8 Å². The largest absolute Gasteiger partial charge is 0.348 e. The number of hydrogen-bond donors (Lipinski definition) is 0.